The van der Waals surface area contributed by atoms with E-state index in [1.165, 1.54) is 12.1 Å². The predicted molar refractivity (Wildman–Crippen MR) is 94.4 cm³/mol. The van der Waals surface area contributed by atoms with Crippen LogP contribution in [-0.2, 0) is 22.5 Å². The van der Waals surface area contributed by atoms with Gasteiger partial charge in [-0.2, -0.15) is 0 Å². The van der Waals surface area contributed by atoms with Gasteiger partial charge in [-0.1, -0.05) is 0 Å². The highest BCUT2D eigenvalue weighted by atomic mass is 19.1. The average Bonchev–Trinajstić information content (AvgIpc) is 3.03. The Balaban J connectivity index is 1.68. The number of fused-ring (bicyclic) bond motifs is 1. The Morgan fingerprint density at radius 2 is 2.08 bits per heavy atom. The molecule has 1 aromatic heterocycles. The third-order valence-electron chi connectivity index (χ3n) is 4.44. The lowest BCUT2D eigenvalue weighted by Gasteiger charge is -2.09. The number of nitrogens with zero attached hydrogens (tertiary/aromatic N) is 2. The zero-order chi connectivity index (χ0) is 17.8. The predicted octanol–water partition coefficient (Wildman–Crippen LogP) is 3.50. The van der Waals surface area contributed by atoms with Crippen molar-refractivity contribution in [1.29, 1.82) is 0 Å². The standard InChI is InChI=1S/C20H21FN2O2/c1-13(25-2)3-8-18(24)10-17-9-15-11-23-20(19(15)12-22-17)14-4-6-16(21)7-5-14/h4-7,9,12-13H,3,8,10-11H2,1-2H3/t13-/m1/s1. The van der Waals surface area contributed by atoms with Crippen molar-refractivity contribution in [2.75, 3.05) is 7.11 Å². The first kappa shape index (κ1) is 17.4. The first-order valence-corrected chi connectivity index (χ1v) is 8.40. The monoisotopic (exact) mass is 340 g/mol. The normalized spacial score (nSPS) is 14.1. The molecular weight excluding hydrogens is 319 g/mol. The largest absolute Gasteiger partial charge is 0.382 e. The Bertz CT molecular complexity index is 800. The number of rotatable bonds is 7. The minimum absolute atomic E-state index is 0.0867. The second kappa shape index (κ2) is 7.66. The van der Waals surface area contributed by atoms with E-state index in [4.69, 9.17) is 4.74 Å². The van der Waals surface area contributed by atoms with Gasteiger partial charge in [-0.3, -0.25) is 14.8 Å². The number of benzene rings is 1. The molecule has 0 radical (unpaired) electrons. The van der Waals surface area contributed by atoms with Crippen LogP contribution >= 0.6 is 0 Å². The highest BCUT2D eigenvalue weighted by Gasteiger charge is 2.19. The summed E-state index contributed by atoms with van der Waals surface area (Å²) in [5, 5.41) is 0. The third kappa shape index (κ3) is 4.17. The van der Waals surface area contributed by atoms with Crippen LogP contribution in [0.4, 0.5) is 4.39 Å². The first-order chi connectivity index (χ1) is 12.1. The molecule has 4 nitrogen and oxygen atoms in total. The lowest BCUT2D eigenvalue weighted by molar-refractivity contribution is -0.119. The van der Waals surface area contributed by atoms with E-state index in [1.54, 1.807) is 25.4 Å². The van der Waals surface area contributed by atoms with Gasteiger partial charge < -0.3 is 4.74 Å². The van der Waals surface area contributed by atoms with Crippen LogP contribution < -0.4 is 0 Å². The number of pyridine rings is 1. The van der Waals surface area contributed by atoms with Gasteiger partial charge in [-0.05, 0) is 49.2 Å². The molecule has 2 heterocycles. The van der Waals surface area contributed by atoms with Crippen molar-refractivity contribution < 1.29 is 13.9 Å². The Morgan fingerprint density at radius 1 is 1.32 bits per heavy atom. The summed E-state index contributed by atoms with van der Waals surface area (Å²) >= 11 is 0. The van der Waals surface area contributed by atoms with Crippen LogP contribution in [0.5, 0.6) is 0 Å². The summed E-state index contributed by atoms with van der Waals surface area (Å²) in [5.41, 5.74) is 4.48. The maximum Gasteiger partial charge on any atom is 0.138 e. The van der Waals surface area contributed by atoms with Crippen molar-refractivity contribution in [3.05, 3.63) is 64.7 Å². The SMILES string of the molecule is CO[C@H](C)CCC(=O)Cc1cc2c(cn1)C(c1ccc(F)cc1)=NC2. The van der Waals surface area contributed by atoms with Gasteiger partial charge in [0.25, 0.3) is 0 Å². The van der Waals surface area contributed by atoms with Crippen LogP contribution in [-0.4, -0.2) is 29.7 Å². The van der Waals surface area contributed by atoms with Crippen LogP contribution in [0.2, 0.25) is 0 Å². The lowest BCUT2D eigenvalue weighted by atomic mass is 10.0. The van der Waals surface area contributed by atoms with Crippen LogP contribution in [0.3, 0.4) is 0 Å². The van der Waals surface area contributed by atoms with E-state index in [-0.39, 0.29) is 17.7 Å². The molecule has 130 valence electrons. The van der Waals surface area contributed by atoms with Crippen molar-refractivity contribution in [3.8, 4) is 0 Å². The minimum Gasteiger partial charge on any atom is -0.382 e. The summed E-state index contributed by atoms with van der Waals surface area (Å²) in [6, 6.07) is 8.25. The third-order valence-corrected chi connectivity index (χ3v) is 4.44. The van der Waals surface area contributed by atoms with E-state index in [1.807, 2.05) is 13.0 Å². The molecule has 0 fully saturated rings. The van der Waals surface area contributed by atoms with E-state index in [2.05, 4.69) is 9.98 Å². The number of carbonyl (C=O) groups excluding carboxylic acids is 1. The molecule has 0 aliphatic carbocycles. The Hall–Kier alpha value is -2.40. The molecule has 5 heteroatoms. The van der Waals surface area contributed by atoms with Gasteiger partial charge in [0.15, 0.2) is 0 Å². The molecule has 0 amide bonds. The van der Waals surface area contributed by atoms with Crippen LogP contribution in [0.25, 0.3) is 0 Å². The maximum atomic E-state index is 13.1. The first-order valence-electron chi connectivity index (χ1n) is 8.40. The highest BCUT2D eigenvalue weighted by molar-refractivity contribution is 6.14. The second-order valence-corrected chi connectivity index (χ2v) is 6.30. The van der Waals surface area contributed by atoms with Crippen molar-refractivity contribution in [1.82, 2.24) is 4.98 Å². The number of ether oxygens (including phenoxy) is 1. The molecule has 1 atom stereocenters. The van der Waals surface area contributed by atoms with Gasteiger partial charge in [0.05, 0.1) is 18.4 Å². The summed E-state index contributed by atoms with van der Waals surface area (Å²) < 4.78 is 18.3. The molecule has 25 heavy (non-hydrogen) atoms. The fraction of sp³-hybridized carbons (Fsp3) is 0.350. The van der Waals surface area contributed by atoms with Crippen molar-refractivity contribution >= 4 is 11.5 Å². The van der Waals surface area contributed by atoms with Crippen molar-refractivity contribution in [3.63, 3.8) is 0 Å². The van der Waals surface area contributed by atoms with Crippen molar-refractivity contribution in [2.24, 2.45) is 4.99 Å². The smallest absolute Gasteiger partial charge is 0.138 e. The average molecular weight is 340 g/mol. The number of hydrogen-bond acceptors (Lipinski definition) is 4. The lowest BCUT2D eigenvalue weighted by Crippen LogP contribution is -2.11. The fourth-order valence-electron chi connectivity index (χ4n) is 2.86. The van der Waals surface area contributed by atoms with Crippen LogP contribution in [0.1, 0.15) is 42.1 Å². The molecule has 1 aromatic carbocycles. The van der Waals surface area contributed by atoms with Gasteiger partial charge in [0, 0.05) is 43.0 Å². The molecule has 0 spiro atoms. The fourth-order valence-corrected chi connectivity index (χ4v) is 2.86. The number of aromatic nitrogens is 1. The Morgan fingerprint density at radius 3 is 2.80 bits per heavy atom. The number of Topliss-reactive ketones (excluding diaryl/α,β-unsaturated/α-hetero) is 1. The van der Waals surface area contributed by atoms with Crippen LogP contribution in [0.15, 0.2) is 41.5 Å². The number of ketones is 1. The van der Waals surface area contributed by atoms with Gasteiger partial charge in [0.2, 0.25) is 0 Å². The van der Waals surface area contributed by atoms with Gasteiger partial charge in [-0.15, -0.1) is 0 Å². The second-order valence-electron chi connectivity index (χ2n) is 6.30. The molecule has 3 rings (SSSR count). The number of aliphatic imine (C=N–C) groups is 1. The zero-order valence-corrected chi connectivity index (χ0v) is 14.5. The van der Waals surface area contributed by atoms with E-state index in [0.29, 0.717) is 19.4 Å². The highest BCUT2D eigenvalue weighted by Crippen LogP contribution is 2.23. The Kier molecular flexibility index (Phi) is 5.34. The van der Waals surface area contributed by atoms with Gasteiger partial charge in [0.1, 0.15) is 11.6 Å². The maximum absolute atomic E-state index is 13.1. The van der Waals surface area contributed by atoms with Gasteiger partial charge in [-0.25, -0.2) is 4.39 Å². The topological polar surface area (TPSA) is 51.5 Å². The number of carbonyl (C=O) groups is 1. The van der Waals surface area contributed by atoms with Crippen LogP contribution in [0, 0.1) is 5.82 Å². The number of methoxy groups -OCH3 is 1. The molecule has 0 saturated carbocycles. The molecule has 0 unspecified atom stereocenters. The molecular formula is C20H21FN2O2. The van der Waals surface area contributed by atoms with Gasteiger partial charge >= 0.3 is 0 Å². The number of hydrogen-bond donors (Lipinski definition) is 0. The van der Waals surface area contributed by atoms with E-state index < -0.39 is 0 Å². The molecule has 1 aliphatic heterocycles. The quantitative estimate of drug-likeness (QED) is 0.775. The Labute approximate surface area is 146 Å². The summed E-state index contributed by atoms with van der Waals surface area (Å²) in [7, 11) is 1.65. The summed E-state index contributed by atoms with van der Waals surface area (Å²) in [6.07, 6.45) is 3.40. The number of halogens is 1. The molecule has 0 N–H and O–H groups in total. The van der Waals surface area contributed by atoms with Crippen molar-refractivity contribution in [2.45, 2.75) is 38.8 Å². The molecule has 2 aromatic rings. The minimum atomic E-state index is -0.266. The molecule has 1 aliphatic rings. The summed E-state index contributed by atoms with van der Waals surface area (Å²) in [6.45, 7) is 2.52. The molecule has 0 bridgehead atoms. The zero-order valence-electron chi connectivity index (χ0n) is 14.5. The van der Waals surface area contributed by atoms with E-state index >= 15 is 0 Å². The summed E-state index contributed by atoms with van der Waals surface area (Å²) in [5.74, 6) is -0.105. The molecule has 0 saturated heterocycles. The summed E-state index contributed by atoms with van der Waals surface area (Å²) in [4.78, 5) is 21.1. The van der Waals surface area contributed by atoms with E-state index in [9.17, 15) is 9.18 Å². The van der Waals surface area contributed by atoms with E-state index in [0.717, 1.165) is 34.5 Å².